The standard InChI is InChI=1S/C19H37N/c1-14(2)20-13-17-8-6-5-7-9-19(17)18-11-15(3)10-16(4)12-18/h14-20H,5-13H2,1-4H3. The van der Waals surface area contributed by atoms with Crippen molar-refractivity contribution in [1.29, 1.82) is 0 Å². The zero-order chi connectivity index (χ0) is 14.5. The van der Waals surface area contributed by atoms with Gasteiger partial charge in [0.15, 0.2) is 0 Å². The minimum Gasteiger partial charge on any atom is -0.314 e. The lowest BCUT2D eigenvalue weighted by atomic mass is 9.67. The van der Waals surface area contributed by atoms with E-state index in [2.05, 4.69) is 33.0 Å². The van der Waals surface area contributed by atoms with Crippen molar-refractivity contribution in [2.24, 2.45) is 29.6 Å². The molecule has 0 aromatic carbocycles. The second-order valence-electron chi connectivity index (χ2n) is 8.30. The van der Waals surface area contributed by atoms with Crippen LogP contribution in [-0.2, 0) is 0 Å². The van der Waals surface area contributed by atoms with Gasteiger partial charge in [-0.25, -0.2) is 0 Å². The maximum Gasteiger partial charge on any atom is 0.00104 e. The van der Waals surface area contributed by atoms with Crippen LogP contribution in [0.15, 0.2) is 0 Å². The average Bonchev–Trinajstić information content (AvgIpc) is 2.60. The van der Waals surface area contributed by atoms with Crippen molar-refractivity contribution in [2.45, 2.75) is 85.1 Å². The molecule has 1 heteroatoms. The Hall–Kier alpha value is -0.0400. The minimum absolute atomic E-state index is 0.642. The van der Waals surface area contributed by atoms with Crippen molar-refractivity contribution < 1.29 is 0 Å². The molecule has 1 nitrogen and oxygen atoms in total. The summed E-state index contributed by atoms with van der Waals surface area (Å²) in [6.45, 7) is 10.8. The number of hydrogen-bond donors (Lipinski definition) is 1. The van der Waals surface area contributed by atoms with Gasteiger partial charge in [0, 0.05) is 6.04 Å². The molecule has 2 fully saturated rings. The van der Waals surface area contributed by atoms with E-state index in [9.17, 15) is 0 Å². The summed E-state index contributed by atoms with van der Waals surface area (Å²) in [6, 6.07) is 0.642. The molecule has 118 valence electrons. The normalized spacial score (nSPS) is 39.8. The van der Waals surface area contributed by atoms with Crippen LogP contribution >= 0.6 is 0 Å². The highest BCUT2D eigenvalue weighted by atomic mass is 14.9. The van der Waals surface area contributed by atoms with Gasteiger partial charge in [0.2, 0.25) is 0 Å². The molecule has 0 bridgehead atoms. The molecule has 2 saturated carbocycles. The maximum absolute atomic E-state index is 3.73. The maximum atomic E-state index is 3.73. The fourth-order valence-electron chi connectivity index (χ4n) is 5.03. The molecule has 20 heavy (non-hydrogen) atoms. The Balaban J connectivity index is 1.99. The van der Waals surface area contributed by atoms with Crippen LogP contribution in [0.2, 0.25) is 0 Å². The second kappa shape index (κ2) is 7.82. The van der Waals surface area contributed by atoms with Crippen molar-refractivity contribution in [3.8, 4) is 0 Å². The third-order valence-electron chi connectivity index (χ3n) is 5.83. The van der Waals surface area contributed by atoms with E-state index in [4.69, 9.17) is 0 Å². The molecule has 4 atom stereocenters. The van der Waals surface area contributed by atoms with Crippen molar-refractivity contribution in [2.75, 3.05) is 6.54 Å². The van der Waals surface area contributed by atoms with E-state index in [0.29, 0.717) is 6.04 Å². The van der Waals surface area contributed by atoms with E-state index in [-0.39, 0.29) is 0 Å². The van der Waals surface area contributed by atoms with Crippen LogP contribution in [-0.4, -0.2) is 12.6 Å². The lowest BCUT2D eigenvalue weighted by Crippen LogP contribution is -2.37. The van der Waals surface area contributed by atoms with E-state index < -0.39 is 0 Å². The molecule has 0 amide bonds. The molecule has 0 radical (unpaired) electrons. The van der Waals surface area contributed by atoms with Crippen LogP contribution in [0, 0.1) is 29.6 Å². The smallest absolute Gasteiger partial charge is 0.00104 e. The first-order valence-corrected chi connectivity index (χ1v) is 9.29. The molecule has 0 spiro atoms. The summed E-state index contributed by atoms with van der Waals surface area (Å²) < 4.78 is 0. The second-order valence-corrected chi connectivity index (χ2v) is 8.30. The third-order valence-corrected chi connectivity index (χ3v) is 5.83. The van der Waals surface area contributed by atoms with E-state index >= 15 is 0 Å². The van der Waals surface area contributed by atoms with Gasteiger partial charge in [-0.05, 0) is 68.2 Å². The first-order valence-electron chi connectivity index (χ1n) is 9.29. The molecular weight excluding hydrogens is 242 g/mol. The monoisotopic (exact) mass is 279 g/mol. The third kappa shape index (κ3) is 4.76. The Morgan fingerprint density at radius 2 is 1.55 bits per heavy atom. The number of nitrogens with one attached hydrogen (secondary N) is 1. The van der Waals surface area contributed by atoms with Gasteiger partial charge in [-0.1, -0.05) is 47.0 Å². The van der Waals surface area contributed by atoms with Gasteiger partial charge in [0.25, 0.3) is 0 Å². The van der Waals surface area contributed by atoms with Crippen molar-refractivity contribution in [3.63, 3.8) is 0 Å². The molecule has 0 aromatic heterocycles. The van der Waals surface area contributed by atoms with Crippen molar-refractivity contribution >= 4 is 0 Å². The van der Waals surface area contributed by atoms with Crippen LogP contribution in [0.4, 0.5) is 0 Å². The first-order chi connectivity index (χ1) is 9.56. The Morgan fingerprint density at radius 3 is 2.20 bits per heavy atom. The molecule has 2 aliphatic carbocycles. The van der Waals surface area contributed by atoms with Gasteiger partial charge in [0.1, 0.15) is 0 Å². The fourth-order valence-corrected chi connectivity index (χ4v) is 5.03. The minimum atomic E-state index is 0.642. The van der Waals surface area contributed by atoms with Gasteiger partial charge in [-0.2, -0.15) is 0 Å². The average molecular weight is 280 g/mol. The topological polar surface area (TPSA) is 12.0 Å². The summed E-state index contributed by atoms with van der Waals surface area (Å²) in [5.74, 6) is 4.90. The van der Waals surface area contributed by atoms with E-state index in [1.165, 1.54) is 57.9 Å². The molecule has 0 aliphatic heterocycles. The molecule has 0 heterocycles. The van der Waals surface area contributed by atoms with Crippen LogP contribution in [0.5, 0.6) is 0 Å². The van der Waals surface area contributed by atoms with Crippen molar-refractivity contribution in [1.82, 2.24) is 5.32 Å². The zero-order valence-electron chi connectivity index (χ0n) is 14.3. The van der Waals surface area contributed by atoms with Crippen molar-refractivity contribution in [3.05, 3.63) is 0 Å². The Bertz CT molecular complexity index is 263. The lowest BCUT2D eigenvalue weighted by molar-refractivity contribution is 0.112. The largest absolute Gasteiger partial charge is 0.314 e. The molecule has 0 aromatic rings. The van der Waals surface area contributed by atoms with Gasteiger partial charge >= 0.3 is 0 Å². The Morgan fingerprint density at radius 1 is 0.900 bits per heavy atom. The molecule has 1 N–H and O–H groups in total. The SMILES string of the molecule is CC1CC(C)CC(C2CCCCCC2CNC(C)C)C1. The predicted molar refractivity (Wildman–Crippen MR) is 88.9 cm³/mol. The lowest BCUT2D eigenvalue weighted by Gasteiger charge is -2.40. The number of rotatable bonds is 4. The van der Waals surface area contributed by atoms with E-state index in [0.717, 1.165) is 29.6 Å². The zero-order valence-corrected chi connectivity index (χ0v) is 14.3. The molecular formula is C19H37N. The van der Waals surface area contributed by atoms with Crippen LogP contribution in [0.1, 0.15) is 79.1 Å². The van der Waals surface area contributed by atoms with Crippen LogP contribution in [0.25, 0.3) is 0 Å². The highest BCUT2D eigenvalue weighted by molar-refractivity contribution is 4.86. The summed E-state index contributed by atoms with van der Waals surface area (Å²) in [5.41, 5.74) is 0. The van der Waals surface area contributed by atoms with Gasteiger partial charge < -0.3 is 5.32 Å². The van der Waals surface area contributed by atoms with Gasteiger partial charge in [0.05, 0.1) is 0 Å². The summed E-state index contributed by atoms with van der Waals surface area (Å²) in [5, 5.41) is 3.73. The van der Waals surface area contributed by atoms with E-state index in [1.54, 1.807) is 0 Å². The summed E-state index contributed by atoms with van der Waals surface area (Å²) in [6.07, 6.45) is 11.9. The fraction of sp³-hybridized carbons (Fsp3) is 1.00. The highest BCUT2D eigenvalue weighted by Gasteiger charge is 2.34. The summed E-state index contributed by atoms with van der Waals surface area (Å²) in [7, 11) is 0. The predicted octanol–water partition coefficient (Wildman–Crippen LogP) is 5.25. The van der Waals surface area contributed by atoms with Gasteiger partial charge in [-0.3, -0.25) is 0 Å². The Kier molecular flexibility index (Phi) is 6.39. The highest BCUT2D eigenvalue weighted by Crippen LogP contribution is 2.43. The molecule has 2 aliphatic rings. The molecule has 2 rings (SSSR count). The molecule has 0 saturated heterocycles. The van der Waals surface area contributed by atoms with E-state index in [1.807, 2.05) is 0 Å². The van der Waals surface area contributed by atoms with Crippen LogP contribution in [0.3, 0.4) is 0 Å². The molecule has 4 unspecified atom stereocenters. The van der Waals surface area contributed by atoms with Gasteiger partial charge in [-0.15, -0.1) is 0 Å². The summed E-state index contributed by atoms with van der Waals surface area (Å²) >= 11 is 0. The van der Waals surface area contributed by atoms with Crippen LogP contribution < -0.4 is 5.32 Å². The Labute approximate surface area is 127 Å². The number of hydrogen-bond acceptors (Lipinski definition) is 1. The summed E-state index contributed by atoms with van der Waals surface area (Å²) in [4.78, 5) is 0. The first kappa shape index (κ1) is 16.3. The quantitative estimate of drug-likeness (QED) is 0.693.